The average molecular weight is 250 g/mol. The van der Waals surface area contributed by atoms with Gasteiger partial charge in [-0.05, 0) is 6.92 Å². The van der Waals surface area contributed by atoms with Crippen molar-refractivity contribution in [2.24, 2.45) is 0 Å². The lowest BCUT2D eigenvalue weighted by Crippen LogP contribution is -2.08. The summed E-state index contributed by atoms with van der Waals surface area (Å²) < 4.78 is 69.2. The molecule has 0 fully saturated rings. The minimum atomic E-state index is -5.56. The fourth-order valence-electron chi connectivity index (χ4n) is 0.308. The van der Waals surface area contributed by atoms with E-state index >= 15 is 0 Å². The van der Waals surface area contributed by atoms with Gasteiger partial charge in [-0.15, -0.1) is 0 Å². The molecule has 0 aromatic rings. The molecule has 0 amide bonds. The zero-order chi connectivity index (χ0) is 13.4. The van der Waals surface area contributed by atoms with E-state index in [1.807, 2.05) is 0 Å². The van der Waals surface area contributed by atoms with E-state index in [1.54, 1.807) is 6.92 Å². The largest absolute Gasteiger partial charge is 0.463 e. The smallest absolute Gasteiger partial charge is 0.448 e. The van der Waals surface area contributed by atoms with Gasteiger partial charge in [0, 0.05) is 6.08 Å². The predicted molar refractivity (Wildman–Crippen MR) is 43.2 cm³/mol. The minimum Gasteiger partial charge on any atom is -0.463 e. The van der Waals surface area contributed by atoms with Crippen LogP contribution in [-0.2, 0) is 9.53 Å². The summed E-state index contributed by atoms with van der Waals surface area (Å²) in [5.41, 5.74) is 0. The number of carbonyl (C=O) groups is 1. The third-order valence-electron chi connectivity index (χ3n) is 0.868. The number of esters is 1. The molecule has 0 bridgehead atoms. The Morgan fingerprint density at radius 3 is 1.81 bits per heavy atom. The summed E-state index contributed by atoms with van der Waals surface area (Å²) in [4.78, 5) is 10.1. The normalized spacial score (nSPS) is 9.69. The molecule has 0 aliphatic rings. The molecule has 16 heavy (non-hydrogen) atoms. The Kier molecular flexibility index (Phi) is 8.23. The van der Waals surface area contributed by atoms with E-state index in [0.29, 0.717) is 6.61 Å². The molecule has 0 rings (SSSR count). The number of halogens is 6. The highest BCUT2D eigenvalue weighted by molar-refractivity contribution is 5.81. The summed E-state index contributed by atoms with van der Waals surface area (Å²) in [6.45, 7) is 5.38. The number of hydrogen-bond donors (Lipinski definition) is 0. The number of alkyl halides is 3. The van der Waals surface area contributed by atoms with Crippen LogP contribution < -0.4 is 0 Å². The first kappa shape index (κ1) is 16.9. The average Bonchev–Trinajstić information content (AvgIpc) is 2.16. The van der Waals surface area contributed by atoms with Gasteiger partial charge in [0.25, 0.3) is 5.83 Å². The SMILES string of the molecule is C=CC(=O)OCC.FC(F)=C(F)C(F)(F)F. The summed E-state index contributed by atoms with van der Waals surface area (Å²) in [6.07, 6.45) is -7.76. The third kappa shape index (κ3) is 9.10. The Morgan fingerprint density at radius 1 is 1.31 bits per heavy atom. The van der Waals surface area contributed by atoms with E-state index in [9.17, 15) is 31.1 Å². The molecule has 0 N–H and O–H groups in total. The van der Waals surface area contributed by atoms with Crippen molar-refractivity contribution in [1.82, 2.24) is 0 Å². The topological polar surface area (TPSA) is 26.3 Å². The van der Waals surface area contributed by atoms with E-state index < -0.39 is 18.1 Å². The fraction of sp³-hybridized carbons (Fsp3) is 0.375. The molecule has 0 aliphatic heterocycles. The monoisotopic (exact) mass is 250 g/mol. The molecule has 0 heterocycles. The Bertz CT molecular complexity index is 264. The standard InChI is InChI=1S/C5H8O2.C3F6/c1-3-5(6)7-4-2;4-1(2(5)6)3(7,8)9/h3H,1,4H2,2H3;. The summed E-state index contributed by atoms with van der Waals surface area (Å²) in [7, 11) is 0. The van der Waals surface area contributed by atoms with Crippen molar-refractivity contribution in [3.05, 3.63) is 24.6 Å². The van der Waals surface area contributed by atoms with Gasteiger partial charge >= 0.3 is 18.2 Å². The van der Waals surface area contributed by atoms with E-state index in [4.69, 9.17) is 0 Å². The van der Waals surface area contributed by atoms with Gasteiger partial charge in [-0.1, -0.05) is 6.58 Å². The number of carbonyl (C=O) groups excluding carboxylic acids is 1. The maximum atomic E-state index is 11.0. The summed E-state index contributed by atoms with van der Waals surface area (Å²) in [5.74, 6) is -3.69. The van der Waals surface area contributed by atoms with E-state index in [2.05, 4.69) is 11.3 Å². The van der Waals surface area contributed by atoms with E-state index in [-0.39, 0.29) is 5.97 Å². The number of hydrogen-bond acceptors (Lipinski definition) is 2. The Morgan fingerprint density at radius 2 is 1.75 bits per heavy atom. The number of ether oxygens (including phenoxy) is 1. The van der Waals surface area contributed by atoms with Crippen molar-refractivity contribution in [2.45, 2.75) is 13.1 Å². The number of allylic oxidation sites excluding steroid dienone is 1. The lowest BCUT2D eigenvalue weighted by atomic mass is 10.6. The van der Waals surface area contributed by atoms with Gasteiger partial charge in [0.15, 0.2) is 0 Å². The van der Waals surface area contributed by atoms with Gasteiger partial charge < -0.3 is 4.74 Å². The quantitative estimate of drug-likeness (QED) is 0.426. The Labute approximate surface area is 87.2 Å². The molecule has 0 aliphatic carbocycles. The number of rotatable bonds is 2. The van der Waals surface area contributed by atoms with E-state index in [1.165, 1.54) is 0 Å². The first-order valence-electron chi connectivity index (χ1n) is 3.73. The highest BCUT2D eigenvalue weighted by Crippen LogP contribution is 2.29. The van der Waals surface area contributed by atoms with Crippen molar-refractivity contribution in [3.8, 4) is 0 Å². The van der Waals surface area contributed by atoms with Crippen LogP contribution in [0.1, 0.15) is 6.92 Å². The zero-order valence-electron chi connectivity index (χ0n) is 8.08. The van der Waals surface area contributed by atoms with Gasteiger partial charge in [-0.3, -0.25) is 0 Å². The first-order valence-corrected chi connectivity index (χ1v) is 3.73. The molecule has 0 saturated carbocycles. The summed E-state index contributed by atoms with van der Waals surface area (Å²) in [5, 5.41) is 0. The molecule has 0 spiro atoms. The minimum absolute atomic E-state index is 0.359. The van der Waals surface area contributed by atoms with Gasteiger partial charge in [0.2, 0.25) is 0 Å². The second kappa shape index (κ2) is 7.77. The van der Waals surface area contributed by atoms with Crippen LogP contribution in [0.25, 0.3) is 0 Å². The maximum absolute atomic E-state index is 11.0. The van der Waals surface area contributed by atoms with Crippen LogP contribution in [0.2, 0.25) is 0 Å². The molecule has 0 aromatic carbocycles. The van der Waals surface area contributed by atoms with Gasteiger partial charge in [0.05, 0.1) is 6.61 Å². The van der Waals surface area contributed by atoms with Crippen LogP contribution in [0, 0.1) is 0 Å². The summed E-state index contributed by atoms with van der Waals surface area (Å²) >= 11 is 0. The van der Waals surface area contributed by atoms with Gasteiger partial charge in [-0.2, -0.15) is 26.3 Å². The van der Waals surface area contributed by atoms with E-state index in [0.717, 1.165) is 6.08 Å². The van der Waals surface area contributed by atoms with Crippen LogP contribution in [0.4, 0.5) is 26.3 Å². The lowest BCUT2D eigenvalue weighted by Gasteiger charge is -1.98. The molecule has 0 aromatic heterocycles. The molecule has 0 radical (unpaired) electrons. The van der Waals surface area contributed by atoms with Crippen LogP contribution in [0.5, 0.6) is 0 Å². The summed E-state index contributed by atoms with van der Waals surface area (Å²) in [6, 6.07) is 0. The van der Waals surface area contributed by atoms with Crippen molar-refractivity contribution in [3.63, 3.8) is 0 Å². The predicted octanol–water partition coefficient (Wildman–Crippen LogP) is 3.36. The fourth-order valence-corrected chi connectivity index (χ4v) is 0.308. The second-order valence-electron chi connectivity index (χ2n) is 2.03. The van der Waals surface area contributed by atoms with Crippen molar-refractivity contribution in [1.29, 1.82) is 0 Å². The zero-order valence-corrected chi connectivity index (χ0v) is 8.08. The van der Waals surface area contributed by atoms with Crippen molar-refractivity contribution < 1.29 is 35.9 Å². The first-order chi connectivity index (χ1) is 7.16. The molecule has 8 heteroatoms. The van der Waals surface area contributed by atoms with Crippen LogP contribution in [0.15, 0.2) is 24.6 Å². The maximum Gasteiger partial charge on any atom is 0.448 e. The molecular formula is C8H8F6O2. The van der Waals surface area contributed by atoms with Crippen LogP contribution >= 0.6 is 0 Å². The highest BCUT2D eigenvalue weighted by atomic mass is 19.4. The highest BCUT2D eigenvalue weighted by Gasteiger charge is 2.38. The van der Waals surface area contributed by atoms with Crippen LogP contribution in [0.3, 0.4) is 0 Å². The molecule has 0 atom stereocenters. The molecule has 0 unspecified atom stereocenters. The molecule has 2 nitrogen and oxygen atoms in total. The lowest BCUT2D eigenvalue weighted by molar-refractivity contribution is -0.137. The molecule has 0 saturated heterocycles. The van der Waals surface area contributed by atoms with Gasteiger partial charge in [0.1, 0.15) is 0 Å². The second-order valence-corrected chi connectivity index (χ2v) is 2.03. The third-order valence-corrected chi connectivity index (χ3v) is 0.868. The Hall–Kier alpha value is -1.47. The van der Waals surface area contributed by atoms with Gasteiger partial charge in [-0.25, -0.2) is 4.79 Å². The molecule has 94 valence electrons. The molecular weight excluding hydrogens is 242 g/mol. The van der Waals surface area contributed by atoms with Crippen LogP contribution in [-0.4, -0.2) is 18.8 Å². The Balaban J connectivity index is 0. The van der Waals surface area contributed by atoms with Crippen molar-refractivity contribution >= 4 is 5.97 Å². The van der Waals surface area contributed by atoms with Crippen molar-refractivity contribution in [2.75, 3.05) is 6.61 Å².